The van der Waals surface area contributed by atoms with E-state index >= 15 is 0 Å². The Hall–Kier alpha value is -2.70. The van der Waals surface area contributed by atoms with E-state index in [0.717, 1.165) is 6.07 Å². The molecule has 4 rings (SSSR count). The van der Waals surface area contributed by atoms with E-state index in [-0.39, 0.29) is 63.0 Å². The molecule has 9 nitrogen and oxygen atoms in total. The monoisotopic (exact) mass is 595 g/mol. The van der Waals surface area contributed by atoms with Crippen molar-refractivity contribution in [3.8, 4) is 11.5 Å². The molecule has 0 spiro atoms. The smallest absolute Gasteiger partial charge is 0.870 e. The number of hydrogen-bond acceptors (Lipinski definition) is 7. The summed E-state index contributed by atoms with van der Waals surface area (Å²) in [7, 11) is -4.63. The minimum Gasteiger partial charge on any atom is -0.870 e. The number of halogens is 2. The second kappa shape index (κ2) is 12.6. The number of para-hydroxylation sites is 1. The molecule has 13 heteroatoms. The van der Waals surface area contributed by atoms with Crippen LogP contribution in [0.3, 0.4) is 0 Å². The molecule has 2 N–H and O–H groups in total. The molecular weight excluding hydrogens is 576 g/mol. The number of carbonyl (C=O) groups is 1. The second-order valence-electron chi connectivity index (χ2n) is 8.04. The number of nitrogens with one attached hydrogen (secondary N) is 1. The molecule has 0 saturated carbocycles. The zero-order valence-electron chi connectivity index (χ0n) is 21.0. The number of amides is 1. The van der Waals surface area contributed by atoms with Crippen LogP contribution >= 0.6 is 23.2 Å². The van der Waals surface area contributed by atoms with Crippen molar-refractivity contribution < 1.29 is 57.2 Å². The first-order valence-corrected chi connectivity index (χ1v) is 13.4. The Morgan fingerprint density at radius 3 is 2.44 bits per heavy atom. The van der Waals surface area contributed by atoms with Crippen molar-refractivity contribution in [1.82, 2.24) is 0 Å². The number of carbonyl (C=O) groups excluding carboxylic acids is 1. The number of fused-ring (bicyclic) bond motifs is 1. The van der Waals surface area contributed by atoms with Crippen LogP contribution in [0.2, 0.25) is 10.0 Å². The summed E-state index contributed by atoms with van der Waals surface area (Å²) in [6.45, 7) is 3.68. The van der Waals surface area contributed by atoms with Crippen molar-refractivity contribution in [3.63, 3.8) is 0 Å². The van der Waals surface area contributed by atoms with Crippen LogP contribution in [-0.4, -0.2) is 25.5 Å². The molecule has 0 bridgehead atoms. The van der Waals surface area contributed by atoms with Gasteiger partial charge in [0.2, 0.25) is 0 Å². The standard InChI is InChI=1S/C26H21Cl2N3O6S.Na/c1-3-37-25-18(27)9-6-10-19(25)29-26(33)17-13-15-7-4-5-8-16(15)23(24(17)32)31-30-22-14(2)11-12-20(21(22)28)38(34,35)36;/h4-13,32H,3H2,1-2H3,(H,29,33)(H,34,35,36);/q;+1/p-1. The van der Waals surface area contributed by atoms with E-state index in [1.165, 1.54) is 12.1 Å². The van der Waals surface area contributed by atoms with E-state index in [1.807, 2.05) is 0 Å². The first-order valence-electron chi connectivity index (χ1n) is 11.2. The molecule has 4 aromatic rings. The number of rotatable bonds is 7. The predicted octanol–water partition coefficient (Wildman–Crippen LogP) is 3.85. The fourth-order valence-corrected chi connectivity index (χ4v) is 5.06. The van der Waals surface area contributed by atoms with Gasteiger partial charge in [-0.25, -0.2) is 0 Å². The normalized spacial score (nSPS) is 11.4. The Kier molecular flexibility index (Phi) is 10.0. The number of anilines is 1. The zero-order valence-corrected chi connectivity index (χ0v) is 25.4. The first kappa shape index (κ1) is 30.8. The molecule has 39 heavy (non-hydrogen) atoms. The van der Waals surface area contributed by atoms with Crippen LogP contribution in [0.1, 0.15) is 22.8 Å². The van der Waals surface area contributed by atoms with E-state index < -0.39 is 26.7 Å². The van der Waals surface area contributed by atoms with E-state index in [0.29, 0.717) is 28.0 Å². The molecule has 0 aliphatic rings. The van der Waals surface area contributed by atoms with E-state index in [4.69, 9.17) is 27.9 Å². The van der Waals surface area contributed by atoms with Crippen molar-refractivity contribution in [3.05, 3.63) is 81.8 Å². The fraction of sp³-hybridized carbons (Fsp3) is 0.115. The van der Waals surface area contributed by atoms with Gasteiger partial charge in [0.05, 0.1) is 28.0 Å². The summed E-state index contributed by atoms with van der Waals surface area (Å²) in [6.07, 6.45) is 0. The van der Waals surface area contributed by atoms with Gasteiger partial charge in [-0.1, -0.05) is 65.3 Å². The number of aryl methyl sites for hydroxylation is 1. The maximum Gasteiger partial charge on any atom is 1.00 e. The maximum absolute atomic E-state index is 13.5. The summed E-state index contributed by atoms with van der Waals surface area (Å²) in [5, 5.41) is 25.2. The van der Waals surface area contributed by atoms with Gasteiger partial charge in [-0.3, -0.25) is 9.35 Å². The molecule has 0 heterocycles. The zero-order chi connectivity index (χ0) is 27.6. The third kappa shape index (κ3) is 6.55. The van der Waals surface area contributed by atoms with Gasteiger partial charge in [0.15, 0.2) is 5.75 Å². The summed E-state index contributed by atoms with van der Waals surface area (Å²) in [6, 6.07) is 15.6. The molecule has 1 amide bonds. The van der Waals surface area contributed by atoms with Crippen LogP contribution in [0.4, 0.5) is 17.1 Å². The van der Waals surface area contributed by atoms with Gasteiger partial charge in [0.1, 0.15) is 10.6 Å². The van der Waals surface area contributed by atoms with E-state index in [1.54, 1.807) is 56.3 Å². The number of azo groups is 1. The van der Waals surface area contributed by atoms with E-state index in [9.17, 15) is 22.9 Å². The fourth-order valence-electron chi connectivity index (χ4n) is 3.73. The predicted molar refractivity (Wildman–Crippen MR) is 144 cm³/mol. The number of hydrogen-bond donors (Lipinski definition) is 2. The second-order valence-corrected chi connectivity index (χ2v) is 10.2. The molecule has 0 aromatic heterocycles. The Morgan fingerprint density at radius 2 is 1.74 bits per heavy atom. The van der Waals surface area contributed by atoms with Gasteiger partial charge >= 0.3 is 29.6 Å². The Balaban J connectivity index is 0.00000420. The quantitative estimate of drug-likeness (QED) is 0.189. The maximum atomic E-state index is 13.5. The van der Waals surface area contributed by atoms with Gasteiger partial charge in [0.25, 0.3) is 16.0 Å². The Labute approximate surface area is 256 Å². The van der Waals surface area contributed by atoms with Crippen molar-refractivity contribution in [2.45, 2.75) is 18.7 Å². The molecule has 0 aliphatic heterocycles. The Morgan fingerprint density at radius 1 is 1.05 bits per heavy atom. The summed E-state index contributed by atoms with van der Waals surface area (Å²) in [4.78, 5) is 12.7. The average Bonchev–Trinajstić information content (AvgIpc) is 2.86. The van der Waals surface area contributed by atoms with Crippen LogP contribution in [0, 0.1) is 6.92 Å². The van der Waals surface area contributed by atoms with Crippen LogP contribution in [0.5, 0.6) is 11.5 Å². The molecule has 4 aromatic carbocycles. The van der Waals surface area contributed by atoms with Gasteiger partial charge in [-0.2, -0.15) is 13.5 Å². The molecule has 0 fully saturated rings. The van der Waals surface area contributed by atoms with Crippen molar-refractivity contribution in [2.24, 2.45) is 10.2 Å². The van der Waals surface area contributed by atoms with Gasteiger partial charge < -0.3 is 15.2 Å². The van der Waals surface area contributed by atoms with Crippen LogP contribution in [0.15, 0.2) is 75.8 Å². The number of ether oxygens (including phenoxy) is 1. The molecule has 0 unspecified atom stereocenters. The minimum atomic E-state index is -4.63. The largest absolute Gasteiger partial charge is 1.00 e. The first-order chi connectivity index (χ1) is 18.0. The molecule has 0 saturated heterocycles. The minimum absolute atomic E-state index is 0. The molecule has 0 radical (unpaired) electrons. The van der Waals surface area contributed by atoms with Crippen LogP contribution in [-0.2, 0) is 10.1 Å². The summed E-state index contributed by atoms with van der Waals surface area (Å²) in [5.41, 5.74) is 0.304. The molecular formula is C26H20Cl2N3NaO6S. The van der Waals surface area contributed by atoms with Crippen molar-refractivity contribution >= 4 is 67.1 Å². The van der Waals surface area contributed by atoms with Crippen molar-refractivity contribution in [2.75, 3.05) is 11.9 Å². The molecule has 0 aliphatic carbocycles. The van der Waals surface area contributed by atoms with Gasteiger partial charge in [0, 0.05) is 10.9 Å². The number of benzene rings is 4. The number of nitrogens with zero attached hydrogens (tertiary/aromatic N) is 2. The van der Waals surface area contributed by atoms with Crippen LogP contribution in [0.25, 0.3) is 10.8 Å². The van der Waals surface area contributed by atoms with E-state index in [2.05, 4.69) is 15.5 Å². The SMILES string of the molecule is CCOc1c(Cl)cccc1NC(=O)c1cc2ccccc2c(N=Nc2c(C)ccc(S(=O)(=O)O)c2Cl)c1[O-].[Na+]. The van der Waals surface area contributed by atoms with Gasteiger partial charge in [-0.15, -0.1) is 5.11 Å². The van der Waals surface area contributed by atoms with Crippen LogP contribution < -0.4 is 44.7 Å². The van der Waals surface area contributed by atoms with Gasteiger partial charge in [-0.05, 0) is 49.1 Å². The third-order valence-electron chi connectivity index (χ3n) is 5.53. The topological polar surface area (TPSA) is 140 Å². The summed E-state index contributed by atoms with van der Waals surface area (Å²) in [5.74, 6) is -1.17. The average molecular weight is 596 g/mol. The molecule has 196 valence electrons. The summed E-state index contributed by atoms with van der Waals surface area (Å²) >= 11 is 12.4. The van der Waals surface area contributed by atoms with Crippen molar-refractivity contribution in [1.29, 1.82) is 0 Å². The Bertz CT molecular complexity index is 1710. The third-order valence-corrected chi connectivity index (χ3v) is 7.22. The molecule has 0 atom stereocenters. The summed E-state index contributed by atoms with van der Waals surface area (Å²) < 4.78 is 38.3.